The maximum Gasteiger partial charge on any atom is 0.261 e. The topological polar surface area (TPSA) is 75.3 Å². The third-order valence-electron chi connectivity index (χ3n) is 5.33. The first-order chi connectivity index (χ1) is 13.2. The van der Waals surface area contributed by atoms with Gasteiger partial charge in [0, 0.05) is 12.2 Å². The molecule has 2 aromatic rings. The van der Waals surface area contributed by atoms with E-state index < -0.39 is 15.4 Å². The first kappa shape index (κ1) is 20.4. The van der Waals surface area contributed by atoms with Crippen LogP contribution in [-0.4, -0.2) is 20.9 Å². The molecule has 0 spiro atoms. The molecule has 2 N–H and O–H groups in total. The van der Waals surface area contributed by atoms with E-state index in [-0.39, 0.29) is 10.8 Å². The van der Waals surface area contributed by atoms with Gasteiger partial charge >= 0.3 is 0 Å². The molecule has 1 aliphatic rings. The molecule has 0 atom stereocenters. The van der Waals surface area contributed by atoms with Gasteiger partial charge in [-0.05, 0) is 55.5 Å². The van der Waals surface area contributed by atoms with E-state index >= 15 is 0 Å². The van der Waals surface area contributed by atoms with Gasteiger partial charge in [0.1, 0.15) is 0 Å². The van der Waals surface area contributed by atoms with Crippen molar-refractivity contribution in [1.82, 2.24) is 5.32 Å². The third kappa shape index (κ3) is 4.22. The summed E-state index contributed by atoms with van der Waals surface area (Å²) in [5, 5.41) is 3.05. The van der Waals surface area contributed by atoms with E-state index in [0.717, 1.165) is 30.4 Å². The van der Waals surface area contributed by atoms with Gasteiger partial charge < -0.3 is 5.32 Å². The number of hydrogen-bond acceptors (Lipinski definition) is 3. The fourth-order valence-electron chi connectivity index (χ4n) is 3.43. The first-order valence-electron chi connectivity index (χ1n) is 9.71. The maximum absolute atomic E-state index is 12.8. The van der Waals surface area contributed by atoms with Gasteiger partial charge in [-0.2, -0.15) is 0 Å². The predicted molar refractivity (Wildman–Crippen MR) is 112 cm³/mol. The molecule has 0 aromatic heterocycles. The van der Waals surface area contributed by atoms with Gasteiger partial charge in [-0.25, -0.2) is 8.42 Å². The summed E-state index contributed by atoms with van der Waals surface area (Å²) in [5.74, 6) is 0.472. The average molecular weight is 401 g/mol. The summed E-state index contributed by atoms with van der Waals surface area (Å²) in [4.78, 5) is 13.0. The molecule has 0 bridgehead atoms. The zero-order chi connectivity index (χ0) is 20.4. The molecule has 0 saturated heterocycles. The van der Waals surface area contributed by atoms with Crippen LogP contribution in [0.5, 0.6) is 0 Å². The number of hydrogen-bond donors (Lipinski definition) is 2. The highest BCUT2D eigenvalue weighted by Gasteiger charge is 2.45. The number of anilines is 1. The van der Waals surface area contributed by atoms with Crippen molar-refractivity contribution in [2.75, 3.05) is 11.3 Å². The molecule has 0 unspecified atom stereocenters. The molecule has 1 saturated carbocycles. The minimum atomic E-state index is -3.63. The van der Waals surface area contributed by atoms with Crippen LogP contribution in [-0.2, 0) is 20.2 Å². The van der Waals surface area contributed by atoms with Crippen LogP contribution >= 0.6 is 0 Å². The molecule has 1 amide bonds. The Balaban J connectivity index is 1.75. The number of nitrogens with one attached hydrogen (secondary N) is 2. The van der Waals surface area contributed by atoms with Gasteiger partial charge in [0.25, 0.3) is 10.0 Å². The lowest BCUT2D eigenvalue weighted by molar-refractivity contribution is -0.130. The van der Waals surface area contributed by atoms with Crippen LogP contribution in [0.1, 0.15) is 44.2 Å². The van der Waals surface area contributed by atoms with E-state index in [4.69, 9.17) is 0 Å². The summed E-state index contributed by atoms with van der Waals surface area (Å²) in [6.07, 6.45) is 2.67. The van der Waals surface area contributed by atoms with Crippen molar-refractivity contribution in [3.05, 3.63) is 59.7 Å². The Morgan fingerprint density at radius 1 is 1.04 bits per heavy atom. The molecule has 0 heterocycles. The minimum absolute atomic E-state index is 0.0698. The lowest BCUT2D eigenvalue weighted by atomic mass is 9.63. The summed E-state index contributed by atoms with van der Waals surface area (Å²) < 4.78 is 27.7. The van der Waals surface area contributed by atoms with Crippen molar-refractivity contribution < 1.29 is 13.2 Å². The normalized spacial score (nSPS) is 15.7. The molecule has 3 rings (SSSR count). The van der Waals surface area contributed by atoms with Gasteiger partial charge in [0.15, 0.2) is 0 Å². The molecular formula is C22H28N2O3S. The predicted octanol–water partition coefficient (Wildman–Crippen LogP) is 3.99. The monoisotopic (exact) mass is 400 g/mol. The smallest absolute Gasteiger partial charge is 0.261 e. The van der Waals surface area contributed by atoms with Crippen molar-refractivity contribution >= 4 is 21.6 Å². The van der Waals surface area contributed by atoms with Crippen molar-refractivity contribution in [2.45, 2.75) is 50.3 Å². The van der Waals surface area contributed by atoms with E-state index in [1.54, 1.807) is 36.4 Å². The Morgan fingerprint density at radius 2 is 1.64 bits per heavy atom. The van der Waals surface area contributed by atoms with Crippen LogP contribution in [0.15, 0.2) is 53.4 Å². The van der Waals surface area contributed by atoms with Crippen LogP contribution in [0.25, 0.3) is 0 Å². The van der Waals surface area contributed by atoms with Gasteiger partial charge in [0.05, 0.1) is 10.3 Å². The molecule has 2 aromatic carbocycles. The summed E-state index contributed by atoms with van der Waals surface area (Å²) in [6.45, 7) is 6.72. The van der Waals surface area contributed by atoms with E-state index in [2.05, 4.69) is 23.9 Å². The van der Waals surface area contributed by atoms with E-state index in [0.29, 0.717) is 18.2 Å². The molecule has 1 aliphatic carbocycles. The molecule has 6 heteroatoms. The Kier molecular flexibility index (Phi) is 5.79. The molecular weight excluding hydrogens is 372 g/mol. The highest BCUT2D eigenvalue weighted by atomic mass is 32.2. The standard InChI is InChI=1S/C22H28N2O3S/c1-16(2)15-23-21(25)22(13-4-14-22)18-7-9-19(10-8-18)24-28(26,27)20-11-5-17(3)6-12-20/h5-12,16,24H,4,13-15H2,1-3H3,(H,23,25). The Labute approximate surface area is 167 Å². The molecule has 5 nitrogen and oxygen atoms in total. The highest BCUT2D eigenvalue weighted by molar-refractivity contribution is 7.92. The number of amides is 1. The average Bonchev–Trinajstić information content (AvgIpc) is 2.60. The van der Waals surface area contributed by atoms with Gasteiger partial charge in [-0.1, -0.05) is 50.1 Å². The number of benzene rings is 2. The number of sulfonamides is 1. The molecule has 1 fully saturated rings. The maximum atomic E-state index is 12.8. The van der Waals surface area contributed by atoms with Crippen LogP contribution in [0.3, 0.4) is 0 Å². The van der Waals surface area contributed by atoms with E-state index in [1.807, 2.05) is 19.1 Å². The lowest BCUT2D eigenvalue weighted by Gasteiger charge is -2.41. The Bertz CT molecular complexity index is 929. The third-order valence-corrected chi connectivity index (χ3v) is 6.73. The minimum Gasteiger partial charge on any atom is -0.355 e. The zero-order valence-electron chi connectivity index (χ0n) is 16.7. The Hall–Kier alpha value is -2.34. The van der Waals surface area contributed by atoms with E-state index in [9.17, 15) is 13.2 Å². The number of aryl methyl sites for hydroxylation is 1. The van der Waals surface area contributed by atoms with Gasteiger partial charge in [-0.3, -0.25) is 9.52 Å². The fraction of sp³-hybridized carbons (Fsp3) is 0.409. The summed E-state index contributed by atoms with van der Waals surface area (Å²) >= 11 is 0. The first-order valence-corrected chi connectivity index (χ1v) is 11.2. The second kappa shape index (κ2) is 7.95. The molecule has 0 radical (unpaired) electrons. The molecule has 0 aliphatic heterocycles. The van der Waals surface area contributed by atoms with Crippen molar-refractivity contribution in [2.24, 2.45) is 5.92 Å². The van der Waals surface area contributed by atoms with Crippen LogP contribution in [0, 0.1) is 12.8 Å². The summed E-state index contributed by atoms with van der Waals surface area (Å²) in [6, 6.07) is 13.9. The fourth-order valence-corrected chi connectivity index (χ4v) is 4.49. The van der Waals surface area contributed by atoms with Crippen molar-refractivity contribution in [3.8, 4) is 0 Å². The largest absolute Gasteiger partial charge is 0.355 e. The number of carbonyl (C=O) groups excluding carboxylic acids is 1. The van der Waals surface area contributed by atoms with E-state index in [1.165, 1.54) is 0 Å². The molecule has 150 valence electrons. The lowest BCUT2D eigenvalue weighted by Crippen LogP contribution is -2.49. The second-order valence-corrected chi connectivity index (χ2v) is 9.72. The van der Waals surface area contributed by atoms with Gasteiger partial charge in [-0.15, -0.1) is 0 Å². The second-order valence-electron chi connectivity index (χ2n) is 8.04. The van der Waals surface area contributed by atoms with Crippen LogP contribution < -0.4 is 10.0 Å². The zero-order valence-corrected chi connectivity index (χ0v) is 17.5. The summed E-state index contributed by atoms with van der Waals surface area (Å²) in [5.41, 5.74) is 1.95. The summed E-state index contributed by atoms with van der Waals surface area (Å²) in [7, 11) is -3.63. The van der Waals surface area contributed by atoms with Crippen LogP contribution in [0.2, 0.25) is 0 Å². The molecule has 28 heavy (non-hydrogen) atoms. The number of carbonyl (C=O) groups is 1. The van der Waals surface area contributed by atoms with Crippen molar-refractivity contribution in [1.29, 1.82) is 0 Å². The highest BCUT2D eigenvalue weighted by Crippen LogP contribution is 2.44. The quantitative estimate of drug-likeness (QED) is 0.738. The van der Waals surface area contributed by atoms with Crippen LogP contribution in [0.4, 0.5) is 5.69 Å². The SMILES string of the molecule is Cc1ccc(S(=O)(=O)Nc2ccc(C3(C(=O)NCC(C)C)CCC3)cc2)cc1. The van der Waals surface area contributed by atoms with Gasteiger partial charge in [0.2, 0.25) is 5.91 Å². The Morgan fingerprint density at radius 3 is 2.14 bits per heavy atom. The van der Waals surface area contributed by atoms with Crippen molar-refractivity contribution in [3.63, 3.8) is 0 Å². The number of rotatable bonds is 7.